The first kappa shape index (κ1) is 14.6. The maximum Gasteiger partial charge on any atom is 0.262 e. The number of rotatable bonds is 4. The number of nitrogens with one attached hydrogen (secondary N) is 1. The second-order valence-corrected chi connectivity index (χ2v) is 5.31. The summed E-state index contributed by atoms with van der Waals surface area (Å²) in [5, 5.41) is 3.06. The summed E-state index contributed by atoms with van der Waals surface area (Å²) < 4.78 is 14.2. The Bertz CT molecular complexity index is 798. The first-order valence-electron chi connectivity index (χ1n) is 6.20. The first-order chi connectivity index (χ1) is 10.7. The summed E-state index contributed by atoms with van der Waals surface area (Å²) in [6, 6.07) is 8.82. The number of halogens is 1. The third-order valence-electron chi connectivity index (χ3n) is 2.86. The van der Waals surface area contributed by atoms with E-state index in [1.807, 2.05) is 24.3 Å². The molecule has 3 rings (SSSR count). The molecule has 22 heavy (non-hydrogen) atoms. The van der Waals surface area contributed by atoms with Crippen LogP contribution in [0.4, 0.5) is 5.13 Å². The Kier molecular flexibility index (Phi) is 4.08. The summed E-state index contributed by atoms with van der Waals surface area (Å²) in [6.07, 6.45) is 1.35. The minimum atomic E-state index is -0.392. The third kappa shape index (κ3) is 2.95. The van der Waals surface area contributed by atoms with E-state index in [1.54, 1.807) is 7.11 Å². The first-order valence-corrected chi connectivity index (χ1v) is 7.35. The lowest BCUT2D eigenvalue weighted by molar-refractivity contribution is 0.102. The number of ether oxygens (including phenoxy) is 1. The smallest absolute Gasteiger partial charge is 0.262 e. The molecule has 0 saturated carbocycles. The molecule has 1 N–H and O–H groups in total. The largest absolute Gasteiger partial charge is 0.497 e. The number of carbonyl (C=O) groups excluding carboxylic acids is 1. The molecule has 0 bridgehead atoms. The minimum absolute atomic E-state index is 0.0393. The van der Waals surface area contributed by atoms with Crippen LogP contribution in [0, 0.1) is 0 Å². The Morgan fingerprint density at radius 2 is 2.09 bits per heavy atom. The van der Waals surface area contributed by atoms with Crippen molar-refractivity contribution in [1.82, 2.24) is 9.36 Å². The third-order valence-corrected chi connectivity index (χ3v) is 3.78. The van der Waals surface area contributed by atoms with E-state index in [0.717, 1.165) is 22.8 Å². The standard InChI is InChI=1S/C14H10ClN3O3S/c1-20-9-4-2-8(3-5-9)12-16-14(22-18-12)17-13(19)10-6-7-21-11(10)15/h2-7H,1H3,(H,16,17,18,19). The summed E-state index contributed by atoms with van der Waals surface area (Å²) in [5.74, 6) is 0.888. The van der Waals surface area contributed by atoms with E-state index in [4.69, 9.17) is 20.8 Å². The Labute approximate surface area is 134 Å². The second-order valence-electron chi connectivity index (χ2n) is 4.21. The summed E-state index contributed by atoms with van der Waals surface area (Å²) in [5.41, 5.74) is 1.08. The molecule has 0 aliphatic rings. The van der Waals surface area contributed by atoms with Crippen molar-refractivity contribution >= 4 is 34.2 Å². The van der Waals surface area contributed by atoms with Crippen LogP contribution in [-0.4, -0.2) is 22.4 Å². The molecule has 0 unspecified atom stereocenters. The van der Waals surface area contributed by atoms with Crippen molar-refractivity contribution in [2.24, 2.45) is 0 Å². The highest BCUT2D eigenvalue weighted by Crippen LogP contribution is 2.24. The number of hydrogen-bond donors (Lipinski definition) is 1. The van der Waals surface area contributed by atoms with E-state index in [1.165, 1.54) is 12.3 Å². The number of anilines is 1. The van der Waals surface area contributed by atoms with E-state index >= 15 is 0 Å². The molecule has 2 aromatic heterocycles. The summed E-state index contributed by atoms with van der Waals surface area (Å²) in [4.78, 5) is 16.3. The van der Waals surface area contributed by atoms with Gasteiger partial charge in [-0.3, -0.25) is 10.1 Å². The van der Waals surface area contributed by atoms with Gasteiger partial charge in [-0.25, -0.2) is 0 Å². The molecule has 1 amide bonds. The van der Waals surface area contributed by atoms with Crippen LogP contribution in [0.5, 0.6) is 5.75 Å². The van der Waals surface area contributed by atoms with Gasteiger partial charge in [0.2, 0.25) is 10.4 Å². The summed E-state index contributed by atoms with van der Waals surface area (Å²) >= 11 is 6.85. The molecule has 0 aliphatic carbocycles. The Morgan fingerprint density at radius 3 is 2.73 bits per heavy atom. The normalized spacial score (nSPS) is 10.5. The highest BCUT2D eigenvalue weighted by atomic mass is 35.5. The van der Waals surface area contributed by atoms with Gasteiger partial charge >= 0.3 is 0 Å². The van der Waals surface area contributed by atoms with Crippen molar-refractivity contribution in [2.45, 2.75) is 0 Å². The number of carbonyl (C=O) groups is 1. The van der Waals surface area contributed by atoms with Gasteiger partial charge in [-0.15, -0.1) is 0 Å². The van der Waals surface area contributed by atoms with Crippen LogP contribution in [-0.2, 0) is 0 Å². The van der Waals surface area contributed by atoms with Gasteiger partial charge in [0.1, 0.15) is 5.75 Å². The Balaban J connectivity index is 1.76. The van der Waals surface area contributed by atoms with Crippen LogP contribution >= 0.6 is 23.1 Å². The van der Waals surface area contributed by atoms with Crippen LogP contribution < -0.4 is 10.1 Å². The number of aromatic nitrogens is 2. The molecule has 0 spiro atoms. The average molecular weight is 336 g/mol. The van der Waals surface area contributed by atoms with Crippen molar-refractivity contribution < 1.29 is 13.9 Å². The molecule has 1 aromatic carbocycles. The quantitative estimate of drug-likeness (QED) is 0.786. The van der Waals surface area contributed by atoms with Gasteiger partial charge in [-0.2, -0.15) is 9.36 Å². The fourth-order valence-corrected chi connectivity index (χ4v) is 2.54. The predicted molar refractivity (Wildman–Crippen MR) is 83.6 cm³/mol. The monoisotopic (exact) mass is 335 g/mol. The van der Waals surface area contributed by atoms with Gasteiger partial charge in [0.05, 0.1) is 18.9 Å². The molecule has 0 radical (unpaired) electrons. The zero-order valence-corrected chi connectivity index (χ0v) is 12.9. The topological polar surface area (TPSA) is 77.2 Å². The number of benzene rings is 1. The van der Waals surface area contributed by atoms with Gasteiger partial charge in [0.15, 0.2) is 5.82 Å². The lowest BCUT2D eigenvalue weighted by Crippen LogP contribution is -2.11. The van der Waals surface area contributed by atoms with Crippen molar-refractivity contribution in [1.29, 1.82) is 0 Å². The molecule has 3 aromatic rings. The van der Waals surface area contributed by atoms with Crippen molar-refractivity contribution in [3.8, 4) is 17.1 Å². The molecular formula is C14H10ClN3O3S. The van der Waals surface area contributed by atoms with Crippen LogP contribution in [0.25, 0.3) is 11.4 Å². The average Bonchev–Trinajstić information content (AvgIpc) is 3.16. The maximum atomic E-state index is 12.0. The highest BCUT2D eigenvalue weighted by molar-refractivity contribution is 7.10. The van der Waals surface area contributed by atoms with E-state index in [0.29, 0.717) is 11.0 Å². The van der Waals surface area contributed by atoms with Crippen molar-refractivity contribution in [3.05, 3.63) is 47.4 Å². The van der Waals surface area contributed by atoms with Crippen LogP contribution in [0.2, 0.25) is 5.22 Å². The minimum Gasteiger partial charge on any atom is -0.497 e. The number of nitrogens with zero attached hydrogens (tertiary/aromatic N) is 2. The molecule has 0 atom stereocenters. The Hall–Kier alpha value is -2.38. The number of hydrogen-bond acceptors (Lipinski definition) is 6. The van der Waals surface area contributed by atoms with E-state index in [2.05, 4.69) is 14.7 Å². The number of furan rings is 1. The number of methoxy groups -OCH3 is 1. The van der Waals surface area contributed by atoms with Crippen LogP contribution in [0.3, 0.4) is 0 Å². The predicted octanol–water partition coefficient (Wildman–Crippen LogP) is 3.71. The molecular weight excluding hydrogens is 326 g/mol. The molecule has 112 valence electrons. The molecule has 6 nitrogen and oxygen atoms in total. The SMILES string of the molecule is COc1ccc(-c2nsc(NC(=O)c3ccoc3Cl)n2)cc1. The zero-order valence-electron chi connectivity index (χ0n) is 11.4. The molecule has 0 saturated heterocycles. The zero-order chi connectivity index (χ0) is 15.5. The summed E-state index contributed by atoms with van der Waals surface area (Å²) in [7, 11) is 1.60. The van der Waals surface area contributed by atoms with Gasteiger partial charge in [0.25, 0.3) is 5.91 Å². The lowest BCUT2D eigenvalue weighted by atomic mass is 10.2. The van der Waals surface area contributed by atoms with E-state index in [9.17, 15) is 4.79 Å². The van der Waals surface area contributed by atoms with E-state index < -0.39 is 5.91 Å². The van der Waals surface area contributed by atoms with Gasteiger partial charge in [-0.05, 0) is 41.9 Å². The van der Waals surface area contributed by atoms with E-state index in [-0.39, 0.29) is 10.8 Å². The van der Waals surface area contributed by atoms with Gasteiger partial charge in [-0.1, -0.05) is 0 Å². The fraction of sp³-hybridized carbons (Fsp3) is 0.0714. The van der Waals surface area contributed by atoms with Crippen molar-refractivity contribution in [2.75, 3.05) is 12.4 Å². The molecule has 8 heteroatoms. The molecule has 0 aliphatic heterocycles. The molecule has 0 fully saturated rings. The van der Waals surface area contributed by atoms with Gasteiger partial charge < -0.3 is 9.15 Å². The van der Waals surface area contributed by atoms with Crippen LogP contribution in [0.15, 0.2) is 41.0 Å². The second kappa shape index (κ2) is 6.17. The molecule has 2 heterocycles. The van der Waals surface area contributed by atoms with Crippen molar-refractivity contribution in [3.63, 3.8) is 0 Å². The van der Waals surface area contributed by atoms with Gasteiger partial charge in [0, 0.05) is 17.1 Å². The van der Waals surface area contributed by atoms with Crippen LogP contribution in [0.1, 0.15) is 10.4 Å². The Morgan fingerprint density at radius 1 is 1.32 bits per heavy atom. The number of amides is 1. The summed E-state index contributed by atoms with van der Waals surface area (Å²) in [6.45, 7) is 0. The highest BCUT2D eigenvalue weighted by Gasteiger charge is 2.15. The maximum absolute atomic E-state index is 12.0. The lowest BCUT2D eigenvalue weighted by Gasteiger charge is -2.00. The fourth-order valence-electron chi connectivity index (χ4n) is 1.75.